The maximum atomic E-state index is 12.5. The van der Waals surface area contributed by atoms with Crippen molar-refractivity contribution in [1.29, 1.82) is 0 Å². The fourth-order valence-corrected chi connectivity index (χ4v) is 4.05. The standard InChI is InChI=1S/C27H53N3O5.2CH4/c1-3-4-5-6-7-8-9-10-11-12-13-14-15-20-26(32)30-25(19-16-17-21-28-24(2)31)27(33)29-22-18-23-35-34;;/h25,34H,3-23H2,1-2H3,(H,28,31)(H,29,33)(H,30,32);2*1H4. The Balaban J connectivity index is -0.00000578. The Morgan fingerprint density at radius 3 is 1.73 bits per heavy atom. The van der Waals surface area contributed by atoms with E-state index in [1.165, 1.54) is 71.1 Å². The van der Waals surface area contributed by atoms with Crippen molar-refractivity contribution in [3.8, 4) is 0 Å². The molecule has 0 bridgehead atoms. The van der Waals surface area contributed by atoms with Gasteiger partial charge in [0.05, 0.1) is 6.61 Å². The maximum absolute atomic E-state index is 12.5. The molecule has 0 fully saturated rings. The molecule has 8 heteroatoms. The summed E-state index contributed by atoms with van der Waals surface area (Å²) < 4.78 is 0. The molecule has 1 unspecified atom stereocenters. The number of carbonyl (C=O) groups excluding carboxylic acids is 3. The topological polar surface area (TPSA) is 117 Å². The zero-order chi connectivity index (χ0) is 26.0. The highest BCUT2D eigenvalue weighted by Crippen LogP contribution is 2.13. The fourth-order valence-electron chi connectivity index (χ4n) is 4.05. The third-order valence-corrected chi connectivity index (χ3v) is 6.16. The average molecular weight is 532 g/mol. The van der Waals surface area contributed by atoms with Crippen LogP contribution in [0.5, 0.6) is 0 Å². The van der Waals surface area contributed by atoms with E-state index in [4.69, 9.17) is 5.26 Å². The van der Waals surface area contributed by atoms with Crippen molar-refractivity contribution < 1.29 is 24.5 Å². The van der Waals surface area contributed by atoms with E-state index >= 15 is 0 Å². The molecular formula is C29H61N3O5. The first-order valence-corrected chi connectivity index (χ1v) is 14.1. The van der Waals surface area contributed by atoms with Crippen LogP contribution in [0.15, 0.2) is 0 Å². The van der Waals surface area contributed by atoms with Crippen LogP contribution in [0.3, 0.4) is 0 Å². The molecule has 0 radical (unpaired) electrons. The third-order valence-electron chi connectivity index (χ3n) is 6.16. The molecule has 0 aliphatic heterocycles. The van der Waals surface area contributed by atoms with Crippen LogP contribution in [-0.4, -0.2) is 48.7 Å². The number of carbonyl (C=O) groups is 3. The molecule has 0 spiro atoms. The summed E-state index contributed by atoms with van der Waals surface area (Å²) in [6.07, 6.45) is 19.3. The molecule has 0 saturated carbocycles. The highest BCUT2D eigenvalue weighted by atomic mass is 17.1. The van der Waals surface area contributed by atoms with Crippen LogP contribution >= 0.6 is 0 Å². The summed E-state index contributed by atoms with van der Waals surface area (Å²) in [7, 11) is 0. The Hall–Kier alpha value is -1.67. The van der Waals surface area contributed by atoms with E-state index in [1.807, 2.05) is 0 Å². The number of nitrogens with one attached hydrogen (secondary N) is 3. The summed E-state index contributed by atoms with van der Waals surface area (Å²) in [6.45, 7) is 4.80. The van der Waals surface area contributed by atoms with E-state index in [-0.39, 0.29) is 39.2 Å². The number of unbranched alkanes of at least 4 members (excludes halogenated alkanes) is 13. The van der Waals surface area contributed by atoms with Gasteiger partial charge in [0.1, 0.15) is 6.04 Å². The van der Waals surface area contributed by atoms with Gasteiger partial charge in [-0.15, -0.1) is 0 Å². The molecule has 4 N–H and O–H groups in total. The zero-order valence-electron chi connectivity index (χ0n) is 22.5. The van der Waals surface area contributed by atoms with Crippen LogP contribution < -0.4 is 16.0 Å². The monoisotopic (exact) mass is 531 g/mol. The molecule has 0 saturated heterocycles. The summed E-state index contributed by atoms with van der Waals surface area (Å²) in [5, 5.41) is 16.8. The molecular weight excluding hydrogens is 470 g/mol. The van der Waals surface area contributed by atoms with Crippen molar-refractivity contribution in [2.45, 2.75) is 150 Å². The summed E-state index contributed by atoms with van der Waals surface area (Å²) in [5.41, 5.74) is 0. The molecule has 0 heterocycles. The highest BCUT2D eigenvalue weighted by molar-refractivity contribution is 5.87. The predicted molar refractivity (Wildman–Crippen MR) is 154 cm³/mol. The van der Waals surface area contributed by atoms with Crippen molar-refractivity contribution in [2.75, 3.05) is 19.7 Å². The smallest absolute Gasteiger partial charge is 0.242 e. The van der Waals surface area contributed by atoms with E-state index in [0.717, 1.165) is 32.1 Å². The van der Waals surface area contributed by atoms with Crippen molar-refractivity contribution in [3.63, 3.8) is 0 Å². The van der Waals surface area contributed by atoms with Gasteiger partial charge in [0.15, 0.2) is 0 Å². The molecule has 0 aromatic rings. The summed E-state index contributed by atoms with van der Waals surface area (Å²) in [5.74, 6) is -0.383. The van der Waals surface area contributed by atoms with Crippen molar-refractivity contribution >= 4 is 17.7 Å². The molecule has 0 aromatic heterocycles. The maximum Gasteiger partial charge on any atom is 0.242 e. The third kappa shape index (κ3) is 28.7. The fraction of sp³-hybridized carbons (Fsp3) is 0.897. The molecule has 0 aliphatic rings. The van der Waals surface area contributed by atoms with Crippen LogP contribution in [0.4, 0.5) is 0 Å². The van der Waals surface area contributed by atoms with Crippen molar-refractivity contribution in [1.82, 2.24) is 16.0 Å². The Morgan fingerprint density at radius 2 is 1.22 bits per heavy atom. The lowest BCUT2D eigenvalue weighted by Crippen LogP contribution is -2.47. The predicted octanol–water partition coefficient (Wildman–Crippen LogP) is 6.53. The van der Waals surface area contributed by atoms with E-state index in [9.17, 15) is 14.4 Å². The van der Waals surface area contributed by atoms with Gasteiger partial charge >= 0.3 is 0 Å². The molecule has 1 atom stereocenters. The summed E-state index contributed by atoms with van der Waals surface area (Å²) in [4.78, 5) is 39.9. The number of rotatable bonds is 25. The Kier molecular flexibility index (Phi) is 32.9. The molecule has 8 nitrogen and oxygen atoms in total. The van der Waals surface area contributed by atoms with E-state index in [1.54, 1.807) is 0 Å². The Labute approximate surface area is 228 Å². The first-order chi connectivity index (χ1) is 17.0. The lowest BCUT2D eigenvalue weighted by atomic mass is 10.0. The van der Waals surface area contributed by atoms with Gasteiger partial charge < -0.3 is 16.0 Å². The van der Waals surface area contributed by atoms with Crippen LogP contribution in [0.25, 0.3) is 0 Å². The SMILES string of the molecule is C.C.CCCCCCCCCCCCCCCC(=O)NC(CCCCNC(C)=O)C(=O)NCCCOO. The van der Waals surface area contributed by atoms with Crippen LogP contribution in [0.2, 0.25) is 0 Å². The van der Waals surface area contributed by atoms with E-state index in [0.29, 0.717) is 32.4 Å². The Morgan fingerprint density at radius 1 is 0.703 bits per heavy atom. The van der Waals surface area contributed by atoms with E-state index in [2.05, 4.69) is 27.8 Å². The highest BCUT2D eigenvalue weighted by Gasteiger charge is 2.19. The van der Waals surface area contributed by atoms with Crippen LogP contribution in [0.1, 0.15) is 144 Å². The molecule has 0 aliphatic carbocycles. The van der Waals surface area contributed by atoms with Gasteiger partial charge in [-0.1, -0.05) is 98.8 Å². The second-order valence-electron chi connectivity index (χ2n) is 9.57. The quantitative estimate of drug-likeness (QED) is 0.0607. The normalized spacial score (nSPS) is 11.1. The van der Waals surface area contributed by atoms with Crippen LogP contribution in [0, 0.1) is 0 Å². The van der Waals surface area contributed by atoms with Crippen molar-refractivity contribution in [3.05, 3.63) is 0 Å². The minimum absolute atomic E-state index is 0. The lowest BCUT2D eigenvalue weighted by molar-refractivity contribution is -0.242. The van der Waals surface area contributed by atoms with Gasteiger partial charge in [0.2, 0.25) is 17.7 Å². The minimum atomic E-state index is -0.586. The molecule has 37 heavy (non-hydrogen) atoms. The summed E-state index contributed by atoms with van der Waals surface area (Å²) in [6, 6.07) is -0.586. The van der Waals surface area contributed by atoms with E-state index < -0.39 is 6.04 Å². The molecule has 0 rings (SSSR count). The van der Waals surface area contributed by atoms with Gasteiger partial charge in [-0.2, -0.15) is 0 Å². The molecule has 222 valence electrons. The lowest BCUT2D eigenvalue weighted by Gasteiger charge is -2.18. The Bertz CT molecular complexity index is 532. The van der Waals surface area contributed by atoms with Gasteiger partial charge in [0.25, 0.3) is 0 Å². The molecule has 3 amide bonds. The second-order valence-corrected chi connectivity index (χ2v) is 9.57. The van der Waals surface area contributed by atoms with Crippen molar-refractivity contribution in [2.24, 2.45) is 0 Å². The molecule has 0 aromatic carbocycles. The number of hydrogen-bond acceptors (Lipinski definition) is 5. The van der Waals surface area contributed by atoms with Gasteiger partial charge in [-0.25, -0.2) is 4.89 Å². The average Bonchev–Trinajstić information content (AvgIpc) is 2.83. The first kappa shape index (κ1) is 39.8. The largest absolute Gasteiger partial charge is 0.356 e. The summed E-state index contributed by atoms with van der Waals surface area (Å²) >= 11 is 0. The first-order valence-electron chi connectivity index (χ1n) is 14.1. The van der Waals surface area contributed by atoms with Gasteiger partial charge in [-0.05, 0) is 32.1 Å². The minimum Gasteiger partial charge on any atom is -0.356 e. The zero-order valence-corrected chi connectivity index (χ0v) is 22.5. The van der Waals surface area contributed by atoms with Gasteiger partial charge in [0, 0.05) is 26.4 Å². The van der Waals surface area contributed by atoms with Crippen LogP contribution in [-0.2, 0) is 19.3 Å². The number of amides is 3. The number of hydrogen-bond donors (Lipinski definition) is 4. The second kappa shape index (κ2) is 30.6. The van der Waals surface area contributed by atoms with Gasteiger partial charge in [-0.3, -0.25) is 19.6 Å².